The van der Waals surface area contributed by atoms with Crippen molar-refractivity contribution < 1.29 is 9.31 Å². The Morgan fingerprint density at radius 2 is 1.03 bits per heavy atom. The molecule has 5 rings (SSSR count). The van der Waals surface area contributed by atoms with Crippen molar-refractivity contribution in [3.05, 3.63) is 90.5 Å². The van der Waals surface area contributed by atoms with Crippen LogP contribution in [0, 0.1) is 6.92 Å². The van der Waals surface area contributed by atoms with Gasteiger partial charge < -0.3 is 9.31 Å². The summed E-state index contributed by atoms with van der Waals surface area (Å²) in [4.78, 5) is 9.96. The van der Waals surface area contributed by atoms with Crippen LogP contribution in [0.25, 0.3) is 33.9 Å². The minimum absolute atomic E-state index is 0.366. The molecule has 34 heavy (non-hydrogen) atoms. The van der Waals surface area contributed by atoms with Crippen molar-refractivity contribution in [3.8, 4) is 33.9 Å². The van der Waals surface area contributed by atoms with Crippen molar-refractivity contribution in [2.75, 3.05) is 0 Å². The van der Waals surface area contributed by atoms with E-state index >= 15 is 0 Å². The topological polar surface area (TPSA) is 44.2 Å². The van der Waals surface area contributed by atoms with Crippen LogP contribution in [0.3, 0.4) is 0 Å². The van der Waals surface area contributed by atoms with Gasteiger partial charge in [-0.2, -0.15) is 0 Å². The van der Waals surface area contributed by atoms with Crippen LogP contribution in [0.2, 0.25) is 0 Å². The van der Waals surface area contributed by atoms with Crippen LogP contribution in [-0.2, 0) is 9.31 Å². The molecule has 0 radical (unpaired) electrons. The van der Waals surface area contributed by atoms with E-state index in [1.807, 2.05) is 48.5 Å². The van der Waals surface area contributed by atoms with E-state index in [9.17, 15) is 0 Å². The minimum Gasteiger partial charge on any atom is -0.399 e. The summed E-state index contributed by atoms with van der Waals surface area (Å²) in [6.45, 7) is 10.4. The van der Waals surface area contributed by atoms with Crippen LogP contribution in [0.4, 0.5) is 0 Å². The zero-order valence-corrected chi connectivity index (χ0v) is 20.4. The number of hydrogen-bond acceptors (Lipinski definition) is 4. The average molecular weight is 448 g/mol. The van der Waals surface area contributed by atoms with Gasteiger partial charge in [0.2, 0.25) is 0 Å². The largest absolute Gasteiger partial charge is 0.494 e. The second kappa shape index (κ2) is 8.50. The molecule has 1 aliphatic rings. The first kappa shape index (κ1) is 22.5. The molecule has 0 unspecified atom stereocenters. The quantitative estimate of drug-likeness (QED) is 0.355. The van der Waals surface area contributed by atoms with Gasteiger partial charge in [0.1, 0.15) is 0 Å². The molecule has 5 heteroatoms. The third-order valence-electron chi connectivity index (χ3n) is 6.93. The highest BCUT2D eigenvalue weighted by Gasteiger charge is 2.51. The Kier molecular flexibility index (Phi) is 5.63. The summed E-state index contributed by atoms with van der Waals surface area (Å²) in [7, 11) is -0.384. The van der Waals surface area contributed by atoms with Gasteiger partial charge in [0.25, 0.3) is 0 Å². The molecule has 0 N–H and O–H groups in total. The average Bonchev–Trinajstić information content (AvgIpc) is 3.07. The Labute approximate surface area is 202 Å². The number of aromatic nitrogens is 2. The van der Waals surface area contributed by atoms with Gasteiger partial charge in [-0.15, -0.1) is 0 Å². The molecule has 0 amide bonds. The van der Waals surface area contributed by atoms with Crippen LogP contribution < -0.4 is 5.46 Å². The Hall–Kier alpha value is -3.28. The number of hydrogen-bond donors (Lipinski definition) is 0. The molecule has 170 valence electrons. The Morgan fingerprint density at radius 3 is 1.53 bits per heavy atom. The summed E-state index contributed by atoms with van der Waals surface area (Å²) in [5.41, 5.74) is 6.30. The maximum atomic E-state index is 6.23. The lowest BCUT2D eigenvalue weighted by Crippen LogP contribution is -2.41. The predicted octanol–water partition coefficient (Wildman–Crippen LogP) is 6.09. The van der Waals surface area contributed by atoms with Crippen molar-refractivity contribution in [1.29, 1.82) is 0 Å². The lowest BCUT2D eigenvalue weighted by Gasteiger charge is -2.32. The van der Waals surface area contributed by atoms with E-state index in [4.69, 9.17) is 19.3 Å². The van der Waals surface area contributed by atoms with Crippen LogP contribution in [-0.4, -0.2) is 28.3 Å². The highest BCUT2D eigenvalue weighted by molar-refractivity contribution is 6.62. The third-order valence-corrected chi connectivity index (χ3v) is 6.93. The van der Waals surface area contributed by atoms with Gasteiger partial charge in [0.05, 0.1) is 22.6 Å². The molecule has 0 spiro atoms. The molecule has 1 aromatic heterocycles. The van der Waals surface area contributed by atoms with E-state index in [0.29, 0.717) is 0 Å². The summed E-state index contributed by atoms with van der Waals surface area (Å²) in [5.74, 6) is 0.718. The molecule has 0 saturated carbocycles. The molecule has 1 saturated heterocycles. The molecule has 0 aliphatic carbocycles. The Morgan fingerprint density at radius 1 is 0.588 bits per heavy atom. The van der Waals surface area contributed by atoms with Crippen molar-refractivity contribution in [2.24, 2.45) is 0 Å². The fourth-order valence-electron chi connectivity index (χ4n) is 4.17. The highest BCUT2D eigenvalue weighted by atomic mass is 16.7. The smallest absolute Gasteiger partial charge is 0.399 e. The summed E-state index contributed by atoms with van der Waals surface area (Å²) < 4.78 is 12.5. The van der Waals surface area contributed by atoms with E-state index in [1.54, 1.807) is 0 Å². The van der Waals surface area contributed by atoms with Crippen molar-refractivity contribution in [2.45, 2.75) is 45.8 Å². The molecule has 4 aromatic rings. The molecule has 4 nitrogen and oxygen atoms in total. The van der Waals surface area contributed by atoms with Gasteiger partial charge >= 0.3 is 7.12 Å². The first-order chi connectivity index (χ1) is 16.2. The Balaban J connectivity index is 1.57. The van der Waals surface area contributed by atoms with Crippen molar-refractivity contribution in [3.63, 3.8) is 0 Å². The van der Waals surface area contributed by atoms with E-state index in [1.165, 1.54) is 0 Å². The first-order valence-corrected chi connectivity index (χ1v) is 11.7. The number of rotatable bonds is 4. The summed E-state index contributed by atoms with van der Waals surface area (Å²) >= 11 is 0. The molecule has 0 atom stereocenters. The summed E-state index contributed by atoms with van der Waals surface area (Å²) in [6, 6.07) is 28.7. The standard InChI is InChI=1S/C29H29BN2O2/c1-20-25(21-12-8-6-9-13-21)31-27(23-14-10-7-11-15-23)32-26(20)22-16-18-24(19-17-22)30-33-28(2,3)29(4,5)34-30/h6-19H,1-5H3. The van der Waals surface area contributed by atoms with E-state index in [2.05, 4.69) is 71.0 Å². The number of nitrogens with zero attached hydrogens (tertiary/aromatic N) is 2. The van der Waals surface area contributed by atoms with Crippen LogP contribution >= 0.6 is 0 Å². The SMILES string of the molecule is Cc1c(-c2ccccc2)nc(-c2ccccc2)nc1-c1ccc(B2OC(C)(C)C(C)(C)O2)cc1. The van der Waals surface area contributed by atoms with E-state index < -0.39 is 0 Å². The summed E-state index contributed by atoms with van der Waals surface area (Å²) in [5, 5.41) is 0. The molecule has 0 bridgehead atoms. The zero-order valence-electron chi connectivity index (χ0n) is 20.4. The highest BCUT2D eigenvalue weighted by Crippen LogP contribution is 2.37. The molecular formula is C29H29BN2O2. The second-order valence-corrected chi connectivity index (χ2v) is 9.81. The van der Waals surface area contributed by atoms with Crippen molar-refractivity contribution >= 4 is 12.6 Å². The fraction of sp³-hybridized carbons (Fsp3) is 0.241. The van der Waals surface area contributed by atoms with Crippen LogP contribution in [0.1, 0.15) is 33.3 Å². The molecular weight excluding hydrogens is 419 g/mol. The monoisotopic (exact) mass is 448 g/mol. The van der Waals surface area contributed by atoms with E-state index in [-0.39, 0.29) is 18.3 Å². The molecule has 1 aliphatic heterocycles. The van der Waals surface area contributed by atoms with Crippen LogP contribution in [0.5, 0.6) is 0 Å². The molecule has 3 aromatic carbocycles. The zero-order chi connectivity index (χ0) is 23.9. The summed E-state index contributed by atoms with van der Waals surface area (Å²) in [6.07, 6.45) is 0. The Bertz CT molecular complexity index is 1290. The second-order valence-electron chi connectivity index (χ2n) is 9.81. The molecule has 1 fully saturated rings. The number of benzene rings is 3. The lowest BCUT2D eigenvalue weighted by atomic mass is 9.78. The normalized spacial score (nSPS) is 16.6. The van der Waals surface area contributed by atoms with Crippen LogP contribution in [0.15, 0.2) is 84.9 Å². The third kappa shape index (κ3) is 4.06. The van der Waals surface area contributed by atoms with Gasteiger partial charge in [-0.05, 0) is 40.1 Å². The maximum absolute atomic E-state index is 6.23. The van der Waals surface area contributed by atoms with Gasteiger partial charge in [-0.3, -0.25) is 0 Å². The van der Waals surface area contributed by atoms with E-state index in [0.717, 1.165) is 44.9 Å². The molecule has 2 heterocycles. The van der Waals surface area contributed by atoms with Gasteiger partial charge in [-0.1, -0.05) is 84.9 Å². The van der Waals surface area contributed by atoms with Gasteiger partial charge in [0, 0.05) is 22.3 Å². The van der Waals surface area contributed by atoms with Crippen molar-refractivity contribution in [1.82, 2.24) is 9.97 Å². The van der Waals surface area contributed by atoms with Gasteiger partial charge in [0.15, 0.2) is 5.82 Å². The lowest BCUT2D eigenvalue weighted by molar-refractivity contribution is 0.00578. The van der Waals surface area contributed by atoms with Gasteiger partial charge in [-0.25, -0.2) is 9.97 Å². The maximum Gasteiger partial charge on any atom is 0.494 e. The first-order valence-electron chi connectivity index (χ1n) is 11.7. The predicted molar refractivity (Wildman–Crippen MR) is 139 cm³/mol. The fourth-order valence-corrected chi connectivity index (χ4v) is 4.17. The minimum atomic E-state index is -0.384.